The third-order valence-electron chi connectivity index (χ3n) is 2.82. The molecule has 0 aliphatic carbocycles. The number of halogens is 1. The maximum atomic E-state index is 13.1. The van der Waals surface area contributed by atoms with Crippen LogP contribution in [-0.2, 0) is 0 Å². The first kappa shape index (κ1) is 10.2. The number of rotatable bonds is 1. The lowest BCUT2D eigenvalue weighted by molar-refractivity contribution is 0.390. The van der Waals surface area contributed by atoms with Gasteiger partial charge in [0.1, 0.15) is 11.6 Å². The van der Waals surface area contributed by atoms with Crippen LogP contribution in [0.1, 0.15) is 30.9 Å². The molecule has 82 valence electrons. The van der Waals surface area contributed by atoms with Crippen LogP contribution in [0, 0.1) is 5.82 Å². The average molecular weight is 210 g/mol. The fraction of sp³-hybridized carbons (Fsp3) is 0.455. The Bertz CT molecular complexity index is 362. The number of nitrogens with one attached hydrogen (secondary N) is 1. The molecule has 0 spiro atoms. The van der Waals surface area contributed by atoms with Crippen molar-refractivity contribution in [3.05, 3.63) is 23.5 Å². The minimum absolute atomic E-state index is 0.0100. The van der Waals surface area contributed by atoms with Gasteiger partial charge in [-0.2, -0.15) is 0 Å². The largest absolute Gasteiger partial charge is 0.505 e. The third-order valence-corrected chi connectivity index (χ3v) is 2.82. The van der Waals surface area contributed by atoms with Crippen LogP contribution in [0.5, 0.6) is 5.75 Å². The molecule has 0 unspecified atom stereocenters. The third kappa shape index (κ3) is 2.04. The Hall–Kier alpha value is -1.29. The fourth-order valence-electron chi connectivity index (χ4n) is 2.03. The number of hydrogen-bond acceptors (Lipinski definition) is 3. The second kappa shape index (κ2) is 4.06. The van der Waals surface area contributed by atoms with Gasteiger partial charge in [0.25, 0.3) is 0 Å². The van der Waals surface area contributed by atoms with Gasteiger partial charge in [-0.3, -0.25) is 0 Å². The van der Waals surface area contributed by atoms with Gasteiger partial charge in [0.2, 0.25) is 0 Å². The molecule has 1 aromatic rings. The van der Waals surface area contributed by atoms with Gasteiger partial charge >= 0.3 is 0 Å². The van der Waals surface area contributed by atoms with Crippen molar-refractivity contribution >= 4 is 5.69 Å². The molecule has 1 aliphatic heterocycles. The first-order valence-corrected chi connectivity index (χ1v) is 5.20. The van der Waals surface area contributed by atoms with E-state index < -0.39 is 5.82 Å². The smallest absolute Gasteiger partial charge is 0.143 e. The van der Waals surface area contributed by atoms with Crippen molar-refractivity contribution < 1.29 is 9.50 Å². The molecule has 0 aromatic heterocycles. The lowest BCUT2D eigenvalue weighted by Gasteiger charge is -2.24. The zero-order chi connectivity index (χ0) is 10.8. The Morgan fingerprint density at radius 1 is 1.40 bits per heavy atom. The highest BCUT2D eigenvalue weighted by Gasteiger charge is 2.19. The molecule has 1 saturated heterocycles. The molecular weight excluding hydrogens is 195 g/mol. The van der Waals surface area contributed by atoms with Crippen molar-refractivity contribution in [1.82, 2.24) is 5.32 Å². The molecule has 0 amide bonds. The van der Waals surface area contributed by atoms with Crippen molar-refractivity contribution in [3.63, 3.8) is 0 Å². The Morgan fingerprint density at radius 3 is 2.87 bits per heavy atom. The Labute approximate surface area is 88.1 Å². The number of piperidine rings is 1. The van der Waals surface area contributed by atoms with E-state index in [0.29, 0.717) is 5.56 Å². The second-order valence-corrected chi connectivity index (χ2v) is 3.94. The maximum Gasteiger partial charge on any atom is 0.143 e. The number of phenols is 1. The van der Waals surface area contributed by atoms with Crippen LogP contribution in [0.25, 0.3) is 0 Å². The minimum atomic E-state index is -0.396. The molecule has 0 radical (unpaired) electrons. The van der Waals surface area contributed by atoms with Crippen molar-refractivity contribution in [2.24, 2.45) is 0 Å². The summed E-state index contributed by atoms with van der Waals surface area (Å²) in [6.07, 6.45) is 3.13. The summed E-state index contributed by atoms with van der Waals surface area (Å²) < 4.78 is 13.1. The van der Waals surface area contributed by atoms with Gasteiger partial charge in [0.15, 0.2) is 0 Å². The van der Waals surface area contributed by atoms with Gasteiger partial charge in [-0.1, -0.05) is 6.42 Å². The lowest BCUT2D eigenvalue weighted by atomic mass is 9.96. The first-order valence-electron chi connectivity index (χ1n) is 5.20. The molecule has 1 atom stereocenters. The monoisotopic (exact) mass is 210 g/mol. The highest BCUT2D eigenvalue weighted by atomic mass is 19.1. The van der Waals surface area contributed by atoms with Crippen LogP contribution >= 0.6 is 0 Å². The van der Waals surface area contributed by atoms with E-state index >= 15 is 0 Å². The average Bonchev–Trinajstić information content (AvgIpc) is 2.24. The molecule has 1 heterocycles. The number of anilines is 1. The molecule has 3 nitrogen and oxygen atoms in total. The van der Waals surface area contributed by atoms with Crippen molar-refractivity contribution in [2.75, 3.05) is 12.3 Å². The number of phenolic OH excluding ortho intramolecular Hbond substituents is 1. The van der Waals surface area contributed by atoms with Crippen LogP contribution < -0.4 is 11.1 Å². The van der Waals surface area contributed by atoms with E-state index in [1.807, 2.05) is 0 Å². The van der Waals surface area contributed by atoms with Crippen molar-refractivity contribution in [3.8, 4) is 5.75 Å². The summed E-state index contributed by atoms with van der Waals surface area (Å²) in [6.45, 7) is 0.903. The number of hydrogen-bond donors (Lipinski definition) is 3. The maximum absolute atomic E-state index is 13.1. The quantitative estimate of drug-likeness (QED) is 0.490. The van der Waals surface area contributed by atoms with E-state index in [1.165, 1.54) is 6.07 Å². The Kier molecular flexibility index (Phi) is 2.77. The van der Waals surface area contributed by atoms with Crippen LogP contribution in [0.15, 0.2) is 12.1 Å². The summed E-state index contributed by atoms with van der Waals surface area (Å²) in [5.41, 5.74) is 6.20. The van der Waals surface area contributed by atoms with Crippen molar-refractivity contribution in [2.45, 2.75) is 25.3 Å². The number of nitrogen functional groups attached to an aromatic ring is 1. The first-order chi connectivity index (χ1) is 7.18. The van der Waals surface area contributed by atoms with Crippen LogP contribution in [-0.4, -0.2) is 11.7 Å². The molecule has 0 saturated carbocycles. The predicted molar refractivity (Wildman–Crippen MR) is 57.1 cm³/mol. The zero-order valence-corrected chi connectivity index (χ0v) is 8.46. The SMILES string of the molecule is Nc1cc(F)cc([C@@H]2CCCCN2)c1O. The van der Waals surface area contributed by atoms with Gasteiger partial charge in [0.05, 0.1) is 5.69 Å². The van der Waals surface area contributed by atoms with E-state index in [-0.39, 0.29) is 17.5 Å². The molecule has 4 N–H and O–H groups in total. The minimum Gasteiger partial charge on any atom is -0.505 e. The van der Waals surface area contributed by atoms with Crippen molar-refractivity contribution in [1.29, 1.82) is 0 Å². The summed E-state index contributed by atoms with van der Waals surface area (Å²) in [4.78, 5) is 0. The predicted octanol–water partition coefficient (Wildman–Crippen LogP) is 1.93. The van der Waals surface area contributed by atoms with Gasteiger partial charge in [-0.15, -0.1) is 0 Å². The summed E-state index contributed by atoms with van der Waals surface area (Å²) in [6, 6.07) is 2.52. The number of aromatic hydroxyl groups is 1. The topological polar surface area (TPSA) is 58.3 Å². The molecular formula is C11H15FN2O. The number of nitrogens with two attached hydrogens (primary N) is 1. The van der Waals surface area contributed by atoms with E-state index in [2.05, 4.69) is 5.32 Å². The van der Waals surface area contributed by atoms with Gasteiger partial charge in [0, 0.05) is 17.7 Å². The van der Waals surface area contributed by atoms with E-state index in [4.69, 9.17) is 5.73 Å². The summed E-state index contributed by atoms with van der Waals surface area (Å²) >= 11 is 0. The second-order valence-electron chi connectivity index (χ2n) is 3.94. The van der Waals surface area contributed by atoms with E-state index in [9.17, 15) is 9.50 Å². The fourth-order valence-corrected chi connectivity index (χ4v) is 2.03. The molecule has 1 aliphatic rings. The highest BCUT2D eigenvalue weighted by Crippen LogP contribution is 2.34. The normalized spacial score (nSPS) is 21.5. The van der Waals surface area contributed by atoms with E-state index in [1.54, 1.807) is 0 Å². The van der Waals surface area contributed by atoms with Gasteiger partial charge in [-0.05, 0) is 25.5 Å². The Morgan fingerprint density at radius 2 is 2.20 bits per heavy atom. The van der Waals surface area contributed by atoms with Crippen LogP contribution in [0.2, 0.25) is 0 Å². The standard InChI is InChI=1S/C11H15FN2O/c12-7-5-8(11(15)9(13)6-7)10-3-1-2-4-14-10/h5-6,10,14-15H,1-4,13H2/t10-/m0/s1. The molecule has 0 bridgehead atoms. The van der Waals surface area contributed by atoms with Crippen LogP contribution in [0.4, 0.5) is 10.1 Å². The summed E-state index contributed by atoms with van der Waals surface area (Å²) in [5, 5.41) is 13.0. The summed E-state index contributed by atoms with van der Waals surface area (Å²) in [5.74, 6) is -0.386. The van der Waals surface area contributed by atoms with E-state index in [0.717, 1.165) is 31.9 Å². The molecule has 4 heteroatoms. The van der Waals surface area contributed by atoms with Gasteiger partial charge < -0.3 is 16.2 Å². The zero-order valence-electron chi connectivity index (χ0n) is 8.46. The lowest BCUT2D eigenvalue weighted by Crippen LogP contribution is -2.27. The Balaban J connectivity index is 2.33. The molecule has 15 heavy (non-hydrogen) atoms. The molecule has 1 aromatic carbocycles. The summed E-state index contributed by atoms with van der Waals surface area (Å²) in [7, 11) is 0. The van der Waals surface area contributed by atoms with Crippen LogP contribution in [0.3, 0.4) is 0 Å². The molecule has 2 rings (SSSR count). The number of benzene rings is 1. The highest BCUT2D eigenvalue weighted by molar-refractivity contribution is 5.57. The molecule has 1 fully saturated rings. The van der Waals surface area contributed by atoms with Gasteiger partial charge in [-0.25, -0.2) is 4.39 Å².